The molecule has 7 nitrogen and oxygen atoms in total. The number of nitrogens with two attached hydrogens (primary N) is 1. The highest BCUT2D eigenvalue weighted by Crippen LogP contribution is 2.33. The van der Waals surface area contributed by atoms with E-state index in [0.29, 0.717) is 5.56 Å². The Kier molecular flexibility index (Phi) is 3.24. The van der Waals surface area contributed by atoms with Crippen LogP contribution in [0.1, 0.15) is 0 Å². The average molecular weight is 248 g/mol. The number of nitrogens with zero attached hydrogens (tertiary/aromatic N) is 3. The van der Waals surface area contributed by atoms with Gasteiger partial charge in [-0.2, -0.15) is 5.10 Å². The number of rotatable bonds is 4. The van der Waals surface area contributed by atoms with Gasteiger partial charge in [0.2, 0.25) is 5.82 Å². The first-order valence-corrected chi connectivity index (χ1v) is 5.32. The van der Waals surface area contributed by atoms with Crippen molar-refractivity contribution in [2.45, 2.75) is 6.54 Å². The summed E-state index contributed by atoms with van der Waals surface area (Å²) in [7, 11) is 0. The fourth-order valence-corrected chi connectivity index (χ4v) is 1.70. The molecule has 0 saturated carbocycles. The lowest BCUT2D eigenvalue weighted by Gasteiger charge is -1.97. The maximum atomic E-state index is 11.0. The normalized spacial score (nSPS) is 10.5. The predicted molar refractivity (Wildman–Crippen MR) is 65.8 cm³/mol. The van der Waals surface area contributed by atoms with Gasteiger partial charge < -0.3 is 10.8 Å². The molecule has 7 heteroatoms. The van der Waals surface area contributed by atoms with Crippen molar-refractivity contribution in [3.05, 3.63) is 40.4 Å². The van der Waals surface area contributed by atoms with Crippen molar-refractivity contribution < 1.29 is 10.0 Å². The summed E-state index contributed by atoms with van der Waals surface area (Å²) in [4.78, 5) is 10.5. The third-order valence-corrected chi connectivity index (χ3v) is 2.51. The molecule has 94 valence electrons. The van der Waals surface area contributed by atoms with Crippen molar-refractivity contribution in [1.29, 1.82) is 0 Å². The number of nitrogen functional groups attached to an aromatic ring is 1. The number of benzene rings is 1. The topological polar surface area (TPSA) is 107 Å². The molecule has 0 fully saturated rings. The molecule has 0 aliphatic rings. The zero-order chi connectivity index (χ0) is 13.1. The van der Waals surface area contributed by atoms with Crippen molar-refractivity contribution in [3.8, 4) is 11.3 Å². The maximum absolute atomic E-state index is 11.0. The van der Waals surface area contributed by atoms with Crippen LogP contribution in [0.2, 0.25) is 0 Å². The minimum atomic E-state index is -0.557. The molecule has 0 amide bonds. The SMILES string of the molecule is Nc1c([N+](=O)[O-])c(-c2ccccc2)nn1CCO. The highest BCUT2D eigenvalue weighted by molar-refractivity contribution is 5.76. The number of anilines is 1. The van der Waals surface area contributed by atoms with E-state index in [2.05, 4.69) is 5.10 Å². The van der Waals surface area contributed by atoms with Crippen LogP contribution in [0, 0.1) is 10.1 Å². The van der Waals surface area contributed by atoms with Crippen molar-refractivity contribution >= 4 is 11.5 Å². The first-order valence-electron chi connectivity index (χ1n) is 5.32. The number of aromatic nitrogens is 2. The molecule has 0 saturated heterocycles. The number of aliphatic hydroxyl groups is 1. The lowest BCUT2D eigenvalue weighted by atomic mass is 10.1. The van der Waals surface area contributed by atoms with Gasteiger partial charge in [-0.25, -0.2) is 4.68 Å². The summed E-state index contributed by atoms with van der Waals surface area (Å²) < 4.78 is 1.24. The van der Waals surface area contributed by atoms with Crippen LogP contribution in [0.25, 0.3) is 11.3 Å². The summed E-state index contributed by atoms with van der Waals surface area (Å²) in [5.74, 6) is -0.0482. The minimum Gasteiger partial charge on any atom is -0.394 e. The van der Waals surface area contributed by atoms with E-state index in [1.165, 1.54) is 4.68 Å². The number of hydrogen-bond donors (Lipinski definition) is 2. The van der Waals surface area contributed by atoms with Crippen LogP contribution in [0.5, 0.6) is 0 Å². The van der Waals surface area contributed by atoms with Gasteiger partial charge in [0.25, 0.3) is 0 Å². The van der Waals surface area contributed by atoms with Crippen molar-refractivity contribution in [2.24, 2.45) is 0 Å². The number of hydrogen-bond acceptors (Lipinski definition) is 5. The van der Waals surface area contributed by atoms with E-state index in [9.17, 15) is 10.1 Å². The van der Waals surface area contributed by atoms with E-state index in [1.54, 1.807) is 24.3 Å². The van der Waals surface area contributed by atoms with Crippen molar-refractivity contribution in [3.63, 3.8) is 0 Å². The van der Waals surface area contributed by atoms with Crippen LogP contribution >= 0.6 is 0 Å². The first-order chi connectivity index (χ1) is 8.65. The number of nitro groups is 1. The Hall–Kier alpha value is -2.41. The van der Waals surface area contributed by atoms with Crippen LogP contribution in [-0.2, 0) is 6.54 Å². The Bertz CT molecular complexity index is 565. The van der Waals surface area contributed by atoms with Crippen molar-refractivity contribution in [2.75, 3.05) is 12.3 Å². The van der Waals surface area contributed by atoms with Crippen LogP contribution in [-0.4, -0.2) is 26.4 Å². The van der Waals surface area contributed by atoms with Crippen LogP contribution in [0.15, 0.2) is 30.3 Å². The second-order valence-corrected chi connectivity index (χ2v) is 3.65. The number of aliphatic hydroxyl groups excluding tert-OH is 1. The molecule has 0 bridgehead atoms. The maximum Gasteiger partial charge on any atom is 0.338 e. The summed E-state index contributed by atoms with van der Waals surface area (Å²) in [6.07, 6.45) is 0. The molecule has 1 heterocycles. The summed E-state index contributed by atoms with van der Waals surface area (Å²) in [6, 6.07) is 8.78. The monoisotopic (exact) mass is 248 g/mol. The van der Waals surface area contributed by atoms with Gasteiger partial charge in [-0.15, -0.1) is 0 Å². The smallest absolute Gasteiger partial charge is 0.338 e. The lowest BCUT2D eigenvalue weighted by molar-refractivity contribution is -0.383. The molecule has 2 rings (SSSR count). The Morgan fingerprint density at radius 2 is 2.06 bits per heavy atom. The van der Waals surface area contributed by atoms with E-state index in [4.69, 9.17) is 10.8 Å². The van der Waals surface area contributed by atoms with Gasteiger partial charge >= 0.3 is 5.69 Å². The largest absolute Gasteiger partial charge is 0.394 e. The Morgan fingerprint density at radius 1 is 1.39 bits per heavy atom. The minimum absolute atomic E-state index is 0.0482. The molecular weight excluding hydrogens is 236 g/mol. The van der Waals surface area contributed by atoms with E-state index in [1.807, 2.05) is 6.07 Å². The molecule has 0 radical (unpaired) electrons. The molecule has 1 aromatic heterocycles. The Morgan fingerprint density at radius 3 is 2.61 bits per heavy atom. The molecule has 18 heavy (non-hydrogen) atoms. The molecule has 3 N–H and O–H groups in total. The van der Waals surface area contributed by atoms with Crippen LogP contribution < -0.4 is 5.73 Å². The van der Waals surface area contributed by atoms with Gasteiger partial charge in [-0.3, -0.25) is 10.1 Å². The zero-order valence-corrected chi connectivity index (χ0v) is 9.48. The van der Waals surface area contributed by atoms with Gasteiger partial charge in [0, 0.05) is 5.56 Å². The standard InChI is InChI=1S/C11H12N4O3/c12-11-10(15(17)18)9(13-14(11)6-7-16)8-4-2-1-3-5-8/h1-5,16H,6-7,12H2. The molecule has 0 aliphatic carbocycles. The first kappa shape index (κ1) is 12.1. The second kappa shape index (κ2) is 4.84. The van der Waals surface area contributed by atoms with Gasteiger partial charge in [-0.05, 0) is 0 Å². The third kappa shape index (κ3) is 2.03. The predicted octanol–water partition coefficient (Wildman–Crippen LogP) is 1.03. The molecule has 0 unspecified atom stereocenters. The van der Waals surface area contributed by atoms with Crippen molar-refractivity contribution in [1.82, 2.24) is 9.78 Å². The van der Waals surface area contributed by atoms with E-state index >= 15 is 0 Å². The van der Waals surface area contributed by atoms with Gasteiger partial charge in [0.15, 0.2) is 5.69 Å². The highest BCUT2D eigenvalue weighted by atomic mass is 16.6. The van der Waals surface area contributed by atoms with E-state index in [-0.39, 0.29) is 30.4 Å². The van der Waals surface area contributed by atoms with E-state index < -0.39 is 4.92 Å². The fourth-order valence-electron chi connectivity index (χ4n) is 1.70. The van der Waals surface area contributed by atoms with Crippen LogP contribution in [0.3, 0.4) is 0 Å². The molecule has 0 spiro atoms. The summed E-state index contributed by atoms with van der Waals surface area (Å²) in [5.41, 5.74) is 6.28. The van der Waals surface area contributed by atoms with Gasteiger partial charge in [0.1, 0.15) is 0 Å². The zero-order valence-electron chi connectivity index (χ0n) is 9.48. The van der Waals surface area contributed by atoms with Gasteiger partial charge in [0.05, 0.1) is 18.1 Å². The lowest BCUT2D eigenvalue weighted by Crippen LogP contribution is -2.08. The highest BCUT2D eigenvalue weighted by Gasteiger charge is 2.26. The molecule has 2 aromatic rings. The molecular formula is C11H12N4O3. The Labute approximate surface area is 103 Å². The molecule has 0 atom stereocenters. The average Bonchev–Trinajstić information content (AvgIpc) is 2.69. The van der Waals surface area contributed by atoms with Crippen LogP contribution in [0.4, 0.5) is 11.5 Å². The Balaban J connectivity index is 2.59. The van der Waals surface area contributed by atoms with Gasteiger partial charge in [-0.1, -0.05) is 30.3 Å². The summed E-state index contributed by atoms with van der Waals surface area (Å²) in [5, 5.41) is 24.0. The summed E-state index contributed by atoms with van der Waals surface area (Å²) in [6.45, 7) is -0.0588. The summed E-state index contributed by atoms with van der Waals surface area (Å²) >= 11 is 0. The quantitative estimate of drug-likeness (QED) is 0.620. The van der Waals surface area contributed by atoms with E-state index in [0.717, 1.165) is 0 Å². The third-order valence-electron chi connectivity index (χ3n) is 2.51. The second-order valence-electron chi connectivity index (χ2n) is 3.65. The fraction of sp³-hybridized carbons (Fsp3) is 0.182. The molecule has 1 aromatic carbocycles. The molecule has 0 aliphatic heterocycles.